The van der Waals surface area contributed by atoms with E-state index in [2.05, 4.69) is 20.1 Å². The number of pyridine rings is 1. The number of rotatable bonds is 5. The van der Waals surface area contributed by atoms with Gasteiger partial charge in [0.2, 0.25) is 10.0 Å². The molecule has 10 heteroatoms. The van der Waals surface area contributed by atoms with Gasteiger partial charge in [0, 0.05) is 17.3 Å². The van der Waals surface area contributed by atoms with Gasteiger partial charge in [-0.25, -0.2) is 29.0 Å². The van der Waals surface area contributed by atoms with Crippen molar-refractivity contribution in [1.82, 2.24) is 14.7 Å². The van der Waals surface area contributed by atoms with Gasteiger partial charge < -0.3 is 5.43 Å². The van der Waals surface area contributed by atoms with Crippen molar-refractivity contribution in [2.45, 2.75) is 24.8 Å². The van der Waals surface area contributed by atoms with Crippen LogP contribution in [0.4, 0.5) is 5.82 Å². The Balaban J connectivity index is 2.24. The molecule has 2 heterocycles. The van der Waals surface area contributed by atoms with Gasteiger partial charge in [-0.05, 0) is 19.9 Å². The van der Waals surface area contributed by atoms with E-state index in [1.165, 1.54) is 23.6 Å². The lowest BCUT2D eigenvalue weighted by Gasteiger charge is -2.12. The van der Waals surface area contributed by atoms with Crippen LogP contribution in [0.3, 0.4) is 0 Å². The van der Waals surface area contributed by atoms with Crippen LogP contribution in [0.25, 0.3) is 0 Å². The molecule has 0 aliphatic rings. The molecule has 2 aromatic rings. The third kappa shape index (κ3) is 3.69. The number of nitrogens with two attached hydrogens (primary N) is 1. The van der Waals surface area contributed by atoms with Crippen LogP contribution in [0.2, 0.25) is 5.02 Å². The molecule has 0 spiro atoms. The number of hydrazine groups is 1. The Bertz CT molecular complexity index is 747. The van der Waals surface area contributed by atoms with Gasteiger partial charge in [-0.3, -0.25) is 0 Å². The molecule has 7 nitrogen and oxygen atoms in total. The molecule has 21 heavy (non-hydrogen) atoms. The Labute approximate surface area is 131 Å². The molecule has 0 aliphatic heterocycles. The van der Waals surface area contributed by atoms with Crippen molar-refractivity contribution in [2.75, 3.05) is 5.43 Å². The fraction of sp³-hybridized carbons (Fsp3) is 0.273. The van der Waals surface area contributed by atoms with Crippen LogP contribution in [0.5, 0.6) is 0 Å². The zero-order valence-electron chi connectivity index (χ0n) is 11.3. The summed E-state index contributed by atoms with van der Waals surface area (Å²) in [5.41, 5.74) is 3.13. The standard InChI is InChI=1S/C11H14ClN5O2S2/c1-6-5-20-11(15-6)7(2)17-21(18,19)8-3-9(12)10(16-13)14-4-8/h3-5,7,17H,13H2,1-2H3,(H,14,16). The van der Waals surface area contributed by atoms with Gasteiger partial charge in [0.25, 0.3) is 0 Å². The Morgan fingerprint density at radius 2 is 2.19 bits per heavy atom. The number of aryl methyl sites for hydroxylation is 1. The SMILES string of the molecule is Cc1csc(C(C)NS(=O)(=O)c2cnc(NN)c(Cl)c2)n1. The minimum atomic E-state index is -3.74. The first-order valence-corrected chi connectivity index (χ1v) is 8.64. The van der Waals surface area contributed by atoms with Crippen molar-refractivity contribution >= 4 is 38.8 Å². The van der Waals surface area contributed by atoms with Crippen LogP contribution < -0.4 is 16.0 Å². The number of aromatic nitrogens is 2. The number of thiazole rings is 1. The molecule has 4 N–H and O–H groups in total. The number of sulfonamides is 1. The zero-order valence-corrected chi connectivity index (χ0v) is 13.7. The summed E-state index contributed by atoms with van der Waals surface area (Å²) in [5.74, 6) is 5.41. The Hall–Kier alpha value is -1.26. The highest BCUT2D eigenvalue weighted by atomic mass is 35.5. The first-order chi connectivity index (χ1) is 9.83. The van der Waals surface area contributed by atoms with Gasteiger partial charge in [0.1, 0.15) is 9.90 Å². The van der Waals surface area contributed by atoms with E-state index in [0.29, 0.717) is 5.01 Å². The van der Waals surface area contributed by atoms with Crippen molar-refractivity contribution in [1.29, 1.82) is 0 Å². The predicted molar refractivity (Wildman–Crippen MR) is 82.6 cm³/mol. The van der Waals surface area contributed by atoms with Crippen LogP contribution in [0, 0.1) is 6.92 Å². The smallest absolute Gasteiger partial charge is 0.242 e. The number of nitrogen functional groups attached to an aromatic ring is 1. The molecule has 0 radical (unpaired) electrons. The van der Waals surface area contributed by atoms with Crippen molar-refractivity contribution in [3.05, 3.63) is 33.4 Å². The van der Waals surface area contributed by atoms with Gasteiger partial charge in [0.15, 0.2) is 5.82 Å². The zero-order chi connectivity index (χ0) is 15.6. The molecular formula is C11H14ClN5O2S2. The first kappa shape index (κ1) is 16.1. The van der Waals surface area contributed by atoms with Gasteiger partial charge in [0.05, 0.1) is 11.1 Å². The van der Waals surface area contributed by atoms with E-state index in [4.69, 9.17) is 17.4 Å². The Kier molecular flexibility index (Phi) is 4.79. The molecule has 0 bridgehead atoms. The first-order valence-electron chi connectivity index (χ1n) is 5.90. The molecule has 0 aromatic carbocycles. The molecule has 0 saturated heterocycles. The van der Waals surface area contributed by atoms with Crippen molar-refractivity contribution in [3.8, 4) is 0 Å². The normalized spacial score (nSPS) is 13.1. The van der Waals surface area contributed by atoms with E-state index in [1.807, 2.05) is 12.3 Å². The fourth-order valence-corrected chi connectivity index (χ4v) is 3.94. The number of nitrogens with zero attached hydrogens (tertiary/aromatic N) is 2. The average molecular weight is 348 g/mol. The highest BCUT2D eigenvalue weighted by Gasteiger charge is 2.21. The summed E-state index contributed by atoms with van der Waals surface area (Å²) in [6, 6.07) is 0.839. The topological polar surface area (TPSA) is 110 Å². The molecule has 1 unspecified atom stereocenters. The molecule has 0 amide bonds. The van der Waals surface area contributed by atoms with E-state index in [1.54, 1.807) is 6.92 Å². The van der Waals surface area contributed by atoms with E-state index >= 15 is 0 Å². The number of anilines is 1. The predicted octanol–water partition coefficient (Wildman–Crippen LogP) is 1.83. The fourth-order valence-electron chi connectivity index (χ4n) is 1.60. The molecule has 1 atom stereocenters. The number of halogens is 1. The molecule has 0 fully saturated rings. The summed E-state index contributed by atoms with van der Waals surface area (Å²) < 4.78 is 27.1. The van der Waals surface area contributed by atoms with Crippen molar-refractivity contribution in [2.24, 2.45) is 5.84 Å². The number of hydrogen-bond donors (Lipinski definition) is 3. The summed E-state index contributed by atoms with van der Waals surface area (Å²) in [5, 5.41) is 2.67. The van der Waals surface area contributed by atoms with Crippen LogP contribution in [-0.2, 0) is 10.0 Å². The largest absolute Gasteiger partial charge is 0.307 e. The molecule has 0 saturated carbocycles. The summed E-state index contributed by atoms with van der Waals surface area (Å²) in [4.78, 5) is 8.07. The third-order valence-corrected chi connectivity index (χ3v) is 5.54. The molecule has 114 valence electrons. The number of nitrogens with one attached hydrogen (secondary N) is 2. The molecule has 0 aliphatic carbocycles. The van der Waals surface area contributed by atoms with Crippen LogP contribution in [-0.4, -0.2) is 18.4 Å². The Morgan fingerprint density at radius 1 is 1.48 bits per heavy atom. The molecule has 2 rings (SSSR count). The maximum Gasteiger partial charge on any atom is 0.242 e. The van der Waals surface area contributed by atoms with Gasteiger partial charge in [-0.1, -0.05) is 11.6 Å². The van der Waals surface area contributed by atoms with Crippen molar-refractivity contribution < 1.29 is 8.42 Å². The minimum absolute atomic E-state index is 0.0355. The van der Waals surface area contributed by atoms with Crippen LogP contribution in [0.1, 0.15) is 23.7 Å². The summed E-state index contributed by atoms with van der Waals surface area (Å²) in [6.07, 6.45) is 1.18. The lowest BCUT2D eigenvalue weighted by atomic mass is 10.4. The number of hydrogen-bond acceptors (Lipinski definition) is 7. The minimum Gasteiger partial charge on any atom is -0.307 e. The van der Waals surface area contributed by atoms with E-state index in [-0.39, 0.29) is 15.7 Å². The average Bonchev–Trinajstić information content (AvgIpc) is 2.85. The summed E-state index contributed by atoms with van der Waals surface area (Å²) >= 11 is 7.28. The maximum absolute atomic E-state index is 12.3. The van der Waals surface area contributed by atoms with Crippen molar-refractivity contribution in [3.63, 3.8) is 0 Å². The monoisotopic (exact) mass is 347 g/mol. The van der Waals surface area contributed by atoms with E-state index in [9.17, 15) is 8.42 Å². The lowest BCUT2D eigenvalue weighted by molar-refractivity contribution is 0.566. The van der Waals surface area contributed by atoms with Gasteiger partial charge in [-0.2, -0.15) is 0 Å². The van der Waals surface area contributed by atoms with Crippen LogP contribution in [0.15, 0.2) is 22.5 Å². The van der Waals surface area contributed by atoms with E-state index < -0.39 is 16.1 Å². The van der Waals surface area contributed by atoms with Gasteiger partial charge in [-0.15, -0.1) is 11.3 Å². The molecule has 2 aromatic heterocycles. The quantitative estimate of drug-likeness (QED) is 0.562. The molecular weight excluding hydrogens is 334 g/mol. The van der Waals surface area contributed by atoms with Gasteiger partial charge >= 0.3 is 0 Å². The van der Waals surface area contributed by atoms with E-state index in [0.717, 1.165) is 5.69 Å². The third-order valence-electron chi connectivity index (χ3n) is 2.60. The second-order valence-electron chi connectivity index (χ2n) is 4.32. The lowest BCUT2D eigenvalue weighted by Crippen LogP contribution is -2.27. The second kappa shape index (κ2) is 6.24. The maximum atomic E-state index is 12.3. The summed E-state index contributed by atoms with van der Waals surface area (Å²) in [7, 11) is -3.74. The second-order valence-corrected chi connectivity index (χ2v) is 7.33. The highest BCUT2D eigenvalue weighted by Crippen LogP contribution is 2.24. The highest BCUT2D eigenvalue weighted by molar-refractivity contribution is 7.89. The van der Waals surface area contributed by atoms with Crippen LogP contribution >= 0.6 is 22.9 Å². The summed E-state index contributed by atoms with van der Waals surface area (Å²) in [6.45, 7) is 3.57. The Morgan fingerprint density at radius 3 is 2.71 bits per heavy atom.